The maximum atomic E-state index is 12.3. The molecule has 0 aromatic heterocycles. The summed E-state index contributed by atoms with van der Waals surface area (Å²) >= 11 is 0. The van der Waals surface area contributed by atoms with E-state index in [0.717, 1.165) is 19.4 Å². The van der Waals surface area contributed by atoms with Crippen LogP contribution in [0, 0.1) is 11.3 Å². The summed E-state index contributed by atoms with van der Waals surface area (Å²) in [4.78, 5) is 24.5. The lowest BCUT2D eigenvalue weighted by atomic mass is 10.2. The van der Waals surface area contributed by atoms with Crippen LogP contribution in [-0.2, 0) is 14.3 Å². The zero-order valence-electron chi connectivity index (χ0n) is 16.1. The average molecular weight is 394 g/mol. The minimum Gasteiger partial charge on any atom is -0.491 e. The van der Waals surface area contributed by atoms with Crippen LogP contribution in [0.5, 0.6) is 5.75 Å². The van der Waals surface area contributed by atoms with E-state index in [1.807, 2.05) is 6.07 Å². The molecule has 0 radical (unpaired) electrons. The normalized spacial score (nSPS) is 16.5. The fourth-order valence-corrected chi connectivity index (χ4v) is 2.84. The number of nitrogens with one attached hydrogen (secondary N) is 1. The van der Waals surface area contributed by atoms with Gasteiger partial charge in [-0.25, -0.2) is 4.79 Å². The predicted octanol–water partition coefficient (Wildman–Crippen LogP) is 3.30. The zero-order chi connectivity index (χ0) is 20.6. The van der Waals surface area contributed by atoms with Gasteiger partial charge < -0.3 is 19.5 Å². The van der Waals surface area contributed by atoms with E-state index < -0.39 is 18.0 Å². The number of hydrogen-bond donors (Lipinski definition) is 1. The molecule has 1 N–H and O–H groups in total. The summed E-state index contributed by atoms with van der Waals surface area (Å²) in [5, 5.41) is 11.5. The number of nitrogens with zero attached hydrogens (tertiary/aromatic N) is 1. The van der Waals surface area contributed by atoms with Crippen molar-refractivity contribution < 1.29 is 23.8 Å². The molecule has 1 fully saturated rings. The van der Waals surface area contributed by atoms with Gasteiger partial charge in [-0.15, -0.1) is 0 Å². The summed E-state index contributed by atoms with van der Waals surface area (Å²) in [5.41, 5.74) is 1.21. The van der Waals surface area contributed by atoms with Gasteiger partial charge in [-0.1, -0.05) is 6.07 Å². The van der Waals surface area contributed by atoms with Gasteiger partial charge in [0.25, 0.3) is 5.91 Å². The Hall–Kier alpha value is -3.37. The molecule has 1 heterocycles. The van der Waals surface area contributed by atoms with E-state index in [-0.39, 0.29) is 6.10 Å². The lowest BCUT2D eigenvalue weighted by molar-refractivity contribution is -0.123. The number of benzene rings is 2. The van der Waals surface area contributed by atoms with Gasteiger partial charge in [0.2, 0.25) is 0 Å². The third-order valence-corrected chi connectivity index (χ3v) is 4.46. The van der Waals surface area contributed by atoms with E-state index >= 15 is 0 Å². The Bertz CT molecular complexity index is 898. The maximum Gasteiger partial charge on any atom is 0.338 e. The number of rotatable bonds is 7. The molecule has 150 valence electrons. The van der Waals surface area contributed by atoms with Crippen LogP contribution in [0.2, 0.25) is 0 Å². The average Bonchev–Trinajstić information content (AvgIpc) is 3.26. The van der Waals surface area contributed by atoms with Crippen molar-refractivity contribution in [1.29, 1.82) is 5.26 Å². The van der Waals surface area contributed by atoms with Gasteiger partial charge in [-0.3, -0.25) is 4.79 Å². The van der Waals surface area contributed by atoms with Gasteiger partial charge in [0.15, 0.2) is 6.10 Å². The lowest BCUT2D eigenvalue weighted by Gasteiger charge is -2.14. The minimum atomic E-state index is -0.997. The molecule has 0 unspecified atom stereocenters. The SMILES string of the molecule is C[C@@H](OC(=O)c1ccc(OC[C@@H]2CCCO2)cc1)C(=O)Nc1cccc(C#N)c1. The van der Waals surface area contributed by atoms with E-state index in [4.69, 9.17) is 19.5 Å². The fourth-order valence-electron chi connectivity index (χ4n) is 2.84. The summed E-state index contributed by atoms with van der Waals surface area (Å²) < 4.78 is 16.4. The molecule has 1 amide bonds. The van der Waals surface area contributed by atoms with Gasteiger partial charge in [0.05, 0.1) is 23.3 Å². The predicted molar refractivity (Wildman–Crippen MR) is 106 cm³/mol. The summed E-state index contributed by atoms with van der Waals surface area (Å²) in [6.07, 6.45) is 1.16. The molecular formula is C22H22N2O5. The van der Waals surface area contributed by atoms with E-state index in [0.29, 0.717) is 29.2 Å². The number of anilines is 1. The van der Waals surface area contributed by atoms with Gasteiger partial charge >= 0.3 is 5.97 Å². The standard InChI is InChI=1S/C22H22N2O5/c1-15(21(25)24-18-5-2-4-16(12-18)13-23)29-22(26)17-7-9-19(10-8-17)28-14-20-6-3-11-27-20/h2,4-5,7-10,12,15,20H,3,6,11,14H2,1H3,(H,24,25)/t15-,20+/m1/s1. The zero-order valence-corrected chi connectivity index (χ0v) is 16.1. The van der Waals surface area contributed by atoms with Gasteiger partial charge in [-0.05, 0) is 62.2 Å². The molecule has 7 nitrogen and oxygen atoms in total. The smallest absolute Gasteiger partial charge is 0.338 e. The van der Waals surface area contributed by atoms with Crippen LogP contribution in [0.4, 0.5) is 5.69 Å². The number of carbonyl (C=O) groups excluding carboxylic acids is 2. The molecule has 2 aromatic rings. The van der Waals surface area contributed by atoms with Crippen molar-refractivity contribution >= 4 is 17.6 Å². The largest absolute Gasteiger partial charge is 0.491 e. The summed E-state index contributed by atoms with van der Waals surface area (Å²) in [6, 6.07) is 15.0. The van der Waals surface area contributed by atoms with Gasteiger partial charge in [0.1, 0.15) is 12.4 Å². The van der Waals surface area contributed by atoms with Crippen LogP contribution in [-0.4, -0.2) is 37.3 Å². The first-order chi connectivity index (χ1) is 14.0. The quantitative estimate of drug-likeness (QED) is 0.724. The molecule has 2 aromatic carbocycles. The van der Waals surface area contributed by atoms with Crippen molar-refractivity contribution in [3.05, 3.63) is 59.7 Å². The second-order valence-corrected chi connectivity index (χ2v) is 6.70. The first kappa shape index (κ1) is 20.4. The molecule has 3 rings (SSSR count). The van der Waals surface area contributed by atoms with Gasteiger partial charge in [0, 0.05) is 12.3 Å². The molecule has 2 atom stereocenters. The number of carbonyl (C=O) groups is 2. The first-order valence-electron chi connectivity index (χ1n) is 9.41. The van der Waals surface area contributed by atoms with E-state index in [1.54, 1.807) is 48.5 Å². The van der Waals surface area contributed by atoms with Crippen LogP contribution in [0.15, 0.2) is 48.5 Å². The van der Waals surface area contributed by atoms with E-state index in [2.05, 4.69) is 5.32 Å². The third-order valence-electron chi connectivity index (χ3n) is 4.46. The Kier molecular flexibility index (Phi) is 6.82. The highest BCUT2D eigenvalue weighted by Crippen LogP contribution is 2.17. The first-order valence-corrected chi connectivity index (χ1v) is 9.41. The molecule has 29 heavy (non-hydrogen) atoms. The minimum absolute atomic E-state index is 0.118. The monoisotopic (exact) mass is 394 g/mol. The Morgan fingerprint density at radius 3 is 2.76 bits per heavy atom. The maximum absolute atomic E-state index is 12.3. The van der Waals surface area contributed by atoms with Crippen LogP contribution >= 0.6 is 0 Å². The lowest BCUT2D eigenvalue weighted by Crippen LogP contribution is -2.30. The summed E-state index contributed by atoms with van der Waals surface area (Å²) in [5.74, 6) is -0.450. The Balaban J connectivity index is 1.50. The number of nitriles is 1. The third kappa shape index (κ3) is 5.80. The molecule has 0 bridgehead atoms. The topological polar surface area (TPSA) is 97.7 Å². The van der Waals surface area contributed by atoms with Crippen LogP contribution in [0.1, 0.15) is 35.7 Å². The molecule has 0 saturated carbocycles. The number of amides is 1. The second kappa shape index (κ2) is 9.71. The highest BCUT2D eigenvalue weighted by atomic mass is 16.5. The van der Waals surface area contributed by atoms with Crippen molar-refractivity contribution in [2.24, 2.45) is 0 Å². The van der Waals surface area contributed by atoms with Crippen LogP contribution in [0.25, 0.3) is 0 Å². The highest BCUT2D eigenvalue weighted by molar-refractivity contribution is 5.97. The molecule has 0 spiro atoms. The molecular weight excluding hydrogens is 372 g/mol. The molecule has 1 aliphatic rings. The highest BCUT2D eigenvalue weighted by Gasteiger charge is 2.20. The van der Waals surface area contributed by atoms with Crippen molar-refractivity contribution in [1.82, 2.24) is 0 Å². The Morgan fingerprint density at radius 1 is 1.28 bits per heavy atom. The van der Waals surface area contributed by atoms with Crippen molar-refractivity contribution in [2.75, 3.05) is 18.5 Å². The van der Waals surface area contributed by atoms with E-state index in [9.17, 15) is 9.59 Å². The van der Waals surface area contributed by atoms with Crippen molar-refractivity contribution in [3.63, 3.8) is 0 Å². The summed E-state index contributed by atoms with van der Waals surface area (Å²) in [6.45, 7) is 2.74. The number of hydrogen-bond acceptors (Lipinski definition) is 6. The fraction of sp³-hybridized carbons (Fsp3) is 0.318. The Labute approximate surface area is 169 Å². The van der Waals surface area contributed by atoms with Crippen molar-refractivity contribution in [3.8, 4) is 11.8 Å². The second-order valence-electron chi connectivity index (χ2n) is 6.70. The number of ether oxygens (including phenoxy) is 3. The molecule has 1 saturated heterocycles. The molecule has 1 aliphatic heterocycles. The van der Waals surface area contributed by atoms with Crippen LogP contribution < -0.4 is 10.1 Å². The summed E-state index contributed by atoms with van der Waals surface area (Å²) in [7, 11) is 0. The molecule has 0 aliphatic carbocycles. The molecule has 7 heteroatoms. The van der Waals surface area contributed by atoms with E-state index in [1.165, 1.54) is 6.92 Å². The Morgan fingerprint density at radius 2 is 2.07 bits per heavy atom. The number of esters is 1. The van der Waals surface area contributed by atoms with Gasteiger partial charge in [-0.2, -0.15) is 5.26 Å². The van der Waals surface area contributed by atoms with Crippen LogP contribution in [0.3, 0.4) is 0 Å². The van der Waals surface area contributed by atoms with Crippen molar-refractivity contribution in [2.45, 2.75) is 32.0 Å².